The molecule has 1 aliphatic heterocycles. The highest BCUT2D eigenvalue weighted by Crippen LogP contribution is 2.16. The Balaban J connectivity index is 2.65. The summed E-state index contributed by atoms with van der Waals surface area (Å²) in [4.78, 5) is 25.2. The zero-order chi connectivity index (χ0) is 14.4. The number of hydrogen-bond acceptors (Lipinski definition) is 5. The fourth-order valence-corrected chi connectivity index (χ4v) is 2.25. The molecule has 1 saturated heterocycles. The van der Waals surface area contributed by atoms with Crippen molar-refractivity contribution in [2.24, 2.45) is 5.92 Å². The quantitative estimate of drug-likeness (QED) is 0.583. The van der Waals surface area contributed by atoms with Gasteiger partial charge in [0.25, 0.3) is 0 Å². The van der Waals surface area contributed by atoms with Gasteiger partial charge >= 0.3 is 5.97 Å². The molecule has 6 nitrogen and oxygen atoms in total. The average molecular weight is 267 g/mol. The van der Waals surface area contributed by atoms with Gasteiger partial charge in [-0.05, 0) is 25.2 Å². The molecule has 0 aliphatic carbocycles. The van der Waals surface area contributed by atoms with E-state index in [1.165, 1.54) is 12.0 Å². The molecule has 0 bridgehead atoms. The number of carbonyl (C=O) groups is 2. The molecule has 1 aliphatic rings. The highest BCUT2D eigenvalue weighted by atomic mass is 16.5. The predicted molar refractivity (Wildman–Crippen MR) is 68.7 cm³/mol. The molecular formula is C13H21N3O3. The Morgan fingerprint density at radius 2 is 2.21 bits per heavy atom. The molecule has 1 amide bonds. The van der Waals surface area contributed by atoms with E-state index < -0.39 is 18.1 Å². The number of nitriles is 1. The van der Waals surface area contributed by atoms with E-state index in [2.05, 4.69) is 5.32 Å². The van der Waals surface area contributed by atoms with E-state index >= 15 is 0 Å². The number of hydrogen-bond donors (Lipinski definition) is 1. The van der Waals surface area contributed by atoms with E-state index in [4.69, 9.17) is 10.00 Å². The van der Waals surface area contributed by atoms with Gasteiger partial charge in [0.15, 0.2) is 6.19 Å². The Morgan fingerprint density at radius 3 is 2.74 bits per heavy atom. The van der Waals surface area contributed by atoms with Crippen molar-refractivity contribution >= 4 is 11.9 Å². The number of nitrogens with zero attached hydrogens (tertiary/aromatic N) is 2. The van der Waals surface area contributed by atoms with E-state index in [1.54, 1.807) is 0 Å². The summed E-state index contributed by atoms with van der Waals surface area (Å²) in [5.74, 6) is -0.446. The minimum Gasteiger partial charge on any atom is -0.467 e. The Hall–Kier alpha value is -1.77. The van der Waals surface area contributed by atoms with Crippen LogP contribution in [0.15, 0.2) is 0 Å². The van der Waals surface area contributed by atoms with Crippen molar-refractivity contribution in [1.82, 2.24) is 10.2 Å². The van der Waals surface area contributed by atoms with Gasteiger partial charge in [0.1, 0.15) is 12.1 Å². The highest BCUT2D eigenvalue weighted by Gasteiger charge is 2.33. The van der Waals surface area contributed by atoms with Crippen LogP contribution >= 0.6 is 0 Å². The van der Waals surface area contributed by atoms with Crippen molar-refractivity contribution in [3.63, 3.8) is 0 Å². The second-order valence-corrected chi connectivity index (χ2v) is 5.17. The molecule has 1 N–H and O–H groups in total. The van der Waals surface area contributed by atoms with Gasteiger partial charge < -0.3 is 10.1 Å². The smallest absolute Gasteiger partial charge is 0.328 e. The van der Waals surface area contributed by atoms with Crippen LogP contribution in [0.4, 0.5) is 0 Å². The topological polar surface area (TPSA) is 82.4 Å². The fraction of sp³-hybridized carbons (Fsp3) is 0.769. The number of nitrogens with one attached hydrogen (secondary N) is 1. The molecule has 1 fully saturated rings. The number of carbonyl (C=O) groups excluding carboxylic acids is 2. The van der Waals surface area contributed by atoms with Gasteiger partial charge in [-0.25, -0.2) is 4.79 Å². The third-order valence-electron chi connectivity index (χ3n) is 3.19. The van der Waals surface area contributed by atoms with Crippen LogP contribution in [0, 0.1) is 17.4 Å². The lowest BCUT2D eigenvalue weighted by Crippen LogP contribution is -2.49. The summed E-state index contributed by atoms with van der Waals surface area (Å²) in [5, 5.41) is 11.6. The third kappa shape index (κ3) is 4.12. The number of ether oxygens (including phenoxy) is 1. The molecule has 0 radical (unpaired) electrons. The van der Waals surface area contributed by atoms with E-state index in [0.29, 0.717) is 19.4 Å². The Kier molecular flexibility index (Phi) is 5.61. The van der Waals surface area contributed by atoms with Gasteiger partial charge in [-0.2, -0.15) is 5.26 Å². The summed E-state index contributed by atoms with van der Waals surface area (Å²) in [6.45, 7) is 4.54. The van der Waals surface area contributed by atoms with Crippen molar-refractivity contribution in [3.05, 3.63) is 0 Å². The zero-order valence-corrected chi connectivity index (χ0v) is 11.7. The van der Waals surface area contributed by atoms with Crippen LogP contribution in [0.2, 0.25) is 0 Å². The van der Waals surface area contributed by atoms with Gasteiger partial charge in [0, 0.05) is 6.54 Å². The molecule has 2 atom stereocenters. The molecule has 106 valence electrons. The van der Waals surface area contributed by atoms with Crippen molar-refractivity contribution in [2.75, 3.05) is 13.7 Å². The van der Waals surface area contributed by atoms with Crippen LogP contribution in [0.25, 0.3) is 0 Å². The molecule has 0 aromatic heterocycles. The highest BCUT2D eigenvalue weighted by molar-refractivity contribution is 5.87. The molecule has 6 heteroatoms. The van der Waals surface area contributed by atoms with Crippen LogP contribution in [-0.2, 0) is 14.3 Å². The molecule has 1 rings (SSSR count). The minimum atomic E-state index is -0.640. The molecule has 0 aromatic rings. The van der Waals surface area contributed by atoms with Gasteiger partial charge in [-0.3, -0.25) is 9.69 Å². The lowest BCUT2D eigenvalue weighted by Gasteiger charge is -2.22. The summed E-state index contributed by atoms with van der Waals surface area (Å²) in [6, 6.07) is -1.09. The van der Waals surface area contributed by atoms with Gasteiger partial charge in [0.2, 0.25) is 5.91 Å². The van der Waals surface area contributed by atoms with Crippen molar-refractivity contribution < 1.29 is 14.3 Å². The predicted octanol–water partition coefficient (Wildman–Crippen LogP) is 0.636. The SMILES string of the molecule is COC(=O)C(CC(C)C)NC(=O)[C@H]1CCCN1C#N. The lowest BCUT2D eigenvalue weighted by molar-refractivity contribution is -0.146. The third-order valence-corrected chi connectivity index (χ3v) is 3.19. The normalized spacial score (nSPS) is 19.9. The Labute approximate surface area is 113 Å². The molecule has 0 saturated carbocycles. The number of rotatable bonds is 5. The van der Waals surface area contributed by atoms with Crippen LogP contribution < -0.4 is 5.32 Å². The van der Waals surface area contributed by atoms with Crippen molar-refractivity contribution in [3.8, 4) is 6.19 Å². The van der Waals surface area contributed by atoms with Gasteiger partial charge in [-0.15, -0.1) is 0 Å². The first-order chi connectivity index (χ1) is 8.99. The summed E-state index contributed by atoms with van der Waals surface area (Å²) in [6.07, 6.45) is 4.00. The number of likely N-dealkylation sites (tertiary alicyclic amines) is 1. The molecular weight excluding hydrogens is 246 g/mol. The maximum Gasteiger partial charge on any atom is 0.328 e. The second-order valence-electron chi connectivity index (χ2n) is 5.17. The summed E-state index contributed by atoms with van der Waals surface area (Å²) in [5.41, 5.74) is 0. The van der Waals surface area contributed by atoms with Gasteiger partial charge in [-0.1, -0.05) is 13.8 Å². The minimum absolute atomic E-state index is 0.264. The van der Waals surface area contributed by atoms with Crippen LogP contribution in [0.5, 0.6) is 0 Å². The first-order valence-corrected chi connectivity index (χ1v) is 6.54. The number of esters is 1. The zero-order valence-electron chi connectivity index (χ0n) is 11.7. The van der Waals surface area contributed by atoms with Crippen LogP contribution in [-0.4, -0.2) is 42.5 Å². The summed E-state index contributed by atoms with van der Waals surface area (Å²) >= 11 is 0. The number of amides is 1. The van der Waals surface area contributed by atoms with Crippen molar-refractivity contribution in [1.29, 1.82) is 5.26 Å². The van der Waals surface area contributed by atoms with E-state index in [9.17, 15) is 9.59 Å². The maximum atomic E-state index is 12.1. The average Bonchev–Trinajstić information content (AvgIpc) is 2.84. The van der Waals surface area contributed by atoms with Crippen molar-refractivity contribution in [2.45, 2.75) is 45.2 Å². The van der Waals surface area contributed by atoms with Crippen LogP contribution in [0.1, 0.15) is 33.1 Å². The Bertz CT molecular complexity index is 376. The number of methoxy groups -OCH3 is 1. The molecule has 0 aromatic carbocycles. The van der Waals surface area contributed by atoms with Gasteiger partial charge in [0.05, 0.1) is 7.11 Å². The van der Waals surface area contributed by atoms with E-state index in [1.807, 2.05) is 20.0 Å². The molecule has 1 heterocycles. The Morgan fingerprint density at radius 1 is 1.53 bits per heavy atom. The summed E-state index contributed by atoms with van der Waals surface area (Å²) in [7, 11) is 1.30. The summed E-state index contributed by atoms with van der Waals surface area (Å²) < 4.78 is 4.70. The molecule has 0 spiro atoms. The second kappa shape index (κ2) is 6.98. The molecule has 1 unspecified atom stereocenters. The fourth-order valence-electron chi connectivity index (χ4n) is 2.25. The molecule has 19 heavy (non-hydrogen) atoms. The van der Waals surface area contributed by atoms with E-state index in [0.717, 1.165) is 6.42 Å². The van der Waals surface area contributed by atoms with Crippen LogP contribution in [0.3, 0.4) is 0 Å². The first-order valence-electron chi connectivity index (χ1n) is 6.54. The maximum absolute atomic E-state index is 12.1. The standard InChI is InChI=1S/C13H21N3O3/c1-9(2)7-10(13(18)19-3)15-12(17)11-5-4-6-16(11)8-14/h9-11H,4-7H2,1-3H3,(H,15,17)/t10?,11-/m1/s1. The first kappa shape index (κ1) is 15.3. The largest absolute Gasteiger partial charge is 0.467 e. The monoisotopic (exact) mass is 267 g/mol. The van der Waals surface area contributed by atoms with E-state index in [-0.39, 0.29) is 11.8 Å². The lowest BCUT2D eigenvalue weighted by atomic mass is 10.0.